The quantitative estimate of drug-likeness (QED) is 0.879. The molecule has 0 bridgehead atoms. The van der Waals surface area contributed by atoms with Crippen molar-refractivity contribution in [2.45, 2.75) is 38.5 Å². The van der Waals surface area contributed by atoms with E-state index in [-0.39, 0.29) is 38.3 Å². The first-order valence-corrected chi connectivity index (χ1v) is 8.24. The maximum atomic E-state index is 12.8. The van der Waals surface area contributed by atoms with Gasteiger partial charge in [-0.25, -0.2) is 0 Å². The monoisotopic (exact) mass is 368 g/mol. The Labute approximate surface area is 148 Å². The Morgan fingerprint density at radius 3 is 2.85 bits per heavy atom. The number of nitrogens with zero attached hydrogens (tertiary/aromatic N) is 3. The lowest BCUT2D eigenvalue weighted by atomic mass is 9.97. The number of fused-ring (bicyclic) bond motifs is 1. The first-order valence-electron chi connectivity index (χ1n) is 8.24. The lowest BCUT2D eigenvalue weighted by molar-refractivity contribution is -0.179. The molecule has 0 spiro atoms. The second-order valence-corrected chi connectivity index (χ2v) is 6.18. The predicted octanol–water partition coefficient (Wildman–Crippen LogP) is 2.27. The number of hydrogen-bond acceptors (Lipinski definition) is 4. The number of nitrogens with one attached hydrogen (secondary N) is 1. The Morgan fingerprint density at radius 2 is 2.12 bits per heavy atom. The van der Waals surface area contributed by atoms with Crippen molar-refractivity contribution in [3.05, 3.63) is 41.5 Å². The molecule has 0 saturated heterocycles. The van der Waals surface area contributed by atoms with Crippen molar-refractivity contribution in [3.63, 3.8) is 0 Å². The standard InChI is InChI=1S/C17H19F3N4O2/c1-26-13-5-3-2-4-11(13)8-16(25)21-10-15-23-22-14-9-12(17(18,19)20)6-7-24(14)15/h2-5,12H,6-10H2,1H3,(H,21,25). The van der Waals surface area contributed by atoms with Crippen molar-refractivity contribution in [2.24, 2.45) is 5.92 Å². The molecule has 140 valence electrons. The van der Waals surface area contributed by atoms with Gasteiger partial charge in [0.15, 0.2) is 5.82 Å². The number of carbonyl (C=O) groups is 1. The minimum absolute atomic E-state index is 0.00327. The highest BCUT2D eigenvalue weighted by molar-refractivity contribution is 5.79. The van der Waals surface area contributed by atoms with Gasteiger partial charge in [-0.1, -0.05) is 18.2 Å². The molecule has 1 unspecified atom stereocenters. The number of alkyl halides is 3. The van der Waals surface area contributed by atoms with E-state index >= 15 is 0 Å². The van der Waals surface area contributed by atoms with Crippen molar-refractivity contribution in [1.82, 2.24) is 20.1 Å². The predicted molar refractivity (Wildman–Crippen MR) is 86.4 cm³/mol. The molecule has 6 nitrogen and oxygen atoms in total. The highest BCUT2D eigenvalue weighted by Crippen LogP contribution is 2.34. The summed E-state index contributed by atoms with van der Waals surface area (Å²) < 4.78 is 45.4. The summed E-state index contributed by atoms with van der Waals surface area (Å²) in [7, 11) is 1.54. The molecular formula is C17H19F3N4O2. The largest absolute Gasteiger partial charge is 0.496 e. The minimum Gasteiger partial charge on any atom is -0.496 e. The minimum atomic E-state index is -4.22. The van der Waals surface area contributed by atoms with Crippen LogP contribution >= 0.6 is 0 Å². The third-order valence-corrected chi connectivity index (χ3v) is 4.48. The van der Waals surface area contributed by atoms with Crippen LogP contribution in [0.5, 0.6) is 5.75 Å². The van der Waals surface area contributed by atoms with E-state index in [1.807, 2.05) is 12.1 Å². The van der Waals surface area contributed by atoms with E-state index < -0.39 is 12.1 Å². The number of methoxy groups -OCH3 is 1. The summed E-state index contributed by atoms with van der Waals surface area (Å²) in [4.78, 5) is 12.2. The summed E-state index contributed by atoms with van der Waals surface area (Å²) in [6.45, 7) is 0.321. The molecule has 0 radical (unpaired) electrons. The fourth-order valence-corrected chi connectivity index (χ4v) is 3.06. The third kappa shape index (κ3) is 3.97. The normalized spacial score (nSPS) is 16.8. The molecule has 2 aromatic rings. The van der Waals surface area contributed by atoms with Crippen molar-refractivity contribution >= 4 is 5.91 Å². The van der Waals surface area contributed by atoms with E-state index in [9.17, 15) is 18.0 Å². The third-order valence-electron chi connectivity index (χ3n) is 4.48. The number of aromatic nitrogens is 3. The molecule has 2 heterocycles. The van der Waals surface area contributed by atoms with Gasteiger partial charge in [-0.2, -0.15) is 13.2 Å². The lowest BCUT2D eigenvalue weighted by Gasteiger charge is -2.25. The van der Waals surface area contributed by atoms with Gasteiger partial charge in [-0.05, 0) is 12.5 Å². The molecule has 1 amide bonds. The summed E-state index contributed by atoms with van der Waals surface area (Å²) in [5, 5.41) is 10.5. The zero-order chi connectivity index (χ0) is 18.7. The molecule has 0 aliphatic carbocycles. The molecule has 1 aliphatic rings. The molecule has 0 fully saturated rings. The van der Waals surface area contributed by atoms with Crippen LogP contribution in [0.15, 0.2) is 24.3 Å². The number of hydrogen-bond donors (Lipinski definition) is 1. The van der Waals surface area contributed by atoms with Gasteiger partial charge in [0.2, 0.25) is 5.91 Å². The van der Waals surface area contributed by atoms with Crippen LogP contribution in [0.2, 0.25) is 0 Å². The Balaban J connectivity index is 1.59. The molecule has 1 aliphatic heterocycles. The summed E-state index contributed by atoms with van der Waals surface area (Å²) in [6.07, 6.45) is -4.26. The van der Waals surface area contributed by atoms with E-state index in [1.165, 1.54) is 7.11 Å². The number of benzene rings is 1. The van der Waals surface area contributed by atoms with Gasteiger partial charge < -0.3 is 14.6 Å². The van der Waals surface area contributed by atoms with Crippen LogP contribution in [0.1, 0.15) is 23.6 Å². The average Bonchev–Trinajstić information content (AvgIpc) is 3.02. The topological polar surface area (TPSA) is 69.0 Å². The van der Waals surface area contributed by atoms with E-state index in [4.69, 9.17) is 4.74 Å². The first kappa shape index (κ1) is 18.2. The Bertz CT molecular complexity index is 789. The lowest BCUT2D eigenvalue weighted by Crippen LogP contribution is -2.32. The first-order chi connectivity index (χ1) is 12.4. The average molecular weight is 368 g/mol. The maximum Gasteiger partial charge on any atom is 0.392 e. The van der Waals surface area contributed by atoms with Crippen molar-refractivity contribution < 1.29 is 22.7 Å². The Kier molecular flexibility index (Phi) is 5.15. The maximum absolute atomic E-state index is 12.8. The number of para-hydroxylation sites is 1. The summed E-state index contributed by atoms with van der Waals surface area (Å²) in [5.74, 6) is -0.203. The zero-order valence-electron chi connectivity index (χ0n) is 14.2. The van der Waals surface area contributed by atoms with Gasteiger partial charge in [-0.15, -0.1) is 10.2 Å². The highest BCUT2D eigenvalue weighted by atomic mass is 19.4. The Morgan fingerprint density at radius 1 is 1.35 bits per heavy atom. The molecule has 3 rings (SSSR count). The molecule has 26 heavy (non-hydrogen) atoms. The van der Waals surface area contributed by atoms with E-state index in [0.717, 1.165) is 5.56 Å². The molecular weight excluding hydrogens is 349 g/mol. The van der Waals surface area contributed by atoms with Gasteiger partial charge in [-0.3, -0.25) is 4.79 Å². The van der Waals surface area contributed by atoms with E-state index in [0.29, 0.717) is 17.4 Å². The number of carbonyl (C=O) groups excluding carboxylic acids is 1. The van der Waals surface area contributed by atoms with Crippen LogP contribution in [0, 0.1) is 5.92 Å². The molecule has 1 aromatic carbocycles. The van der Waals surface area contributed by atoms with Crippen LogP contribution in [0.4, 0.5) is 13.2 Å². The van der Waals surface area contributed by atoms with Crippen molar-refractivity contribution in [1.29, 1.82) is 0 Å². The van der Waals surface area contributed by atoms with Crippen LogP contribution in [0.3, 0.4) is 0 Å². The fraction of sp³-hybridized carbons (Fsp3) is 0.471. The Hall–Kier alpha value is -2.58. The number of amides is 1. The van der Waals surface area contributed by atoms with Gasteiger partial charge in [0, 0.05) is 18.5 Å². The number of halogens is 3. The van der Waals surface area contributed by atoms with Gasteiger partial charge in [0.25, 0.3) is 0 Å². The molecule has 1 atom stereocenters. The second-order valence-electron chi connectivity index (χ2n) is 6.18. The van der Waals surface area contributed by atoms with Gasteiger partial charge in [0.1, 0.15) is 11.6 Å². The van der Waals surface area contributed by atoms with Gasteiger partial charge >= 0.3 is 6.18 Å². The number of rotatable bonds is 5. The smallest absolute Gasteiger partial charge is 0.392 e. The van der Waals surface area contributed by atoms with Crippen LogP contribution in [-0.4, -0.2) is 34.0 Å². The SMILES string of the molecule is COc1ccccc1CC(=O)NCc1nnc2n1CCC(C(F)(F)F)C2. The van der Waals surface area contributed by atoms with E-state index in [1.54, 1.807) is 16.7 Å². The van der Waals surface area contributed by atoms with Crippen molar-refractivity contribution in [3.8, 4) is 5.75 Å². The van der Waals surface area contributed by atoms with Crippen LogP contribution < -0.4 is 10.1 Å². The summed E-state index contributed by atoms with van der Waals surface area (Å²) in [5.41, 5.74) is 0.754. The zero-order valence-corrected chi connectivity index (χ0v) is 14.2. The highest BCUT2D eigenvalue weighted by Gasteiger charge is 2.42. The summed E-state index contributed by atoms with van der Waals surface area (Å²) in [6, 6.07) is 7.21. The molecule has 9 heteroatoms. The molecule has 1 aromatic heterocycles. The second kappa shape index (κ2) is 7.35. The summed E-state index contributed by atoms with van der Waals surface area (Å²) >= 11 is 0. The van der Waals surface area contributed by atoms with Crippen LogP contribution in [-0.2, 0) is 30.7 Å². The molecule has 1 N–H and O–H groups in total. The van der Waals surface area contributed by atoms with E-state index in [2.05, 4.69) is 15.5 Å². The van der Waals surface area contributed by atoms with Gasteiger partial charge in [0.05, 0.1) is 26.0 Å². The van der Waals surface area contributed by atoms with Crippen LogP contribution in [0.25, 0.3) is 0 Å². The van der Waals surface area contributed by atoms with Crippen molar-refractivity contribution in [2.75, 3.05) is 7.11 Å². The number of ether oxygens (including phenoxy) is 1. The molecule has 0 saturated carbocycles. The fourth-order valence-electron chi connectivity index (χ4n) is 3.06.